The van der Waals surface area contributed by atoms with Crippen LogP contribution in [0.15, 0.2) is 6.20 Å². The zero-order valence-corrected chi connectivity index (χ0v) is 12.7. The number of aromatic nitrogens is 1. The van der Waals surface area contributed by atoms with Gasteiger partial charge in [0, 0.05) is 30.7 Å². The molecule has 4 nitrogen and oxygen atoms in total. The quantitative estimate of drug-likeness (QED) is 0.913. The number of nitrogens with one attached hydrogen (secondary N) is 1. The van der Waals surface area contributed by atoms with Crippen LogP contribution < -0.4 is 10.2 Å². The summed E-state index contributed by atoms with van der Waals surface area (Å²) in [6, 6.07) is 0. The first-order chi connectivity index (χ1) is 8.31. The van der Waals surface area contributed by atoms with Crippen molar-refractivity contribution in [3.05, 3.63) is 11.1 Å². The van der Waals surface area contributed by atoms with E-state index in [4.69, 9.17) is 4.74 Å². The monoisotopic (exact) mass is 269 g/mol. The molecule has 0 spiro atoms. The molecule has 0 atom stereocenters. The minimum absolute atomic E-state index is 0.128. The molecule has 5 heteroatoms. The van der Waals surface area contributed by atoms with Gasteiger partial charge < -0.3 is 15.0 Å². The van der Waals surface area contributed by atoms with E-state index in [1.165, 1.54) is 4.88 Å². The molecule has 2 heterocycles. The lowest BCUT2D eigenvalue weighted by molar-refractivity contribution is -0.133. The van der Waals surface area contributed by atoms with Gasteiger partial charge in [0.05, 0.1) is 11.2 Å². The van der Waals surface area contributed by atoms with E-state index in [0.717, 1.165) is 24.8 Å². The Morgan fingerprint density at radius 2 is 1.94 bits per heavy atom. The number of morpholine rings is 1. The second-order valence-electron chi connectivity index (χ2n) is 6.12. The van der Waals surface area contributed by atoms with Gasteiger partial charge in [-0.25, -0.2) is 4.98 Å². The fourth-order valence-electron chi connectivity index (χ4n) is 2.62. The predicted molar refractivity (Wildman–Crippen MR) is 76.3 cm³/mol. The largest absolute Gasteiger partial charge is 0.366 e. The molecule has 0 saturated carbocycles. The van der Waals surface area contributed by atoms with E-state index in [1.807, 2.05) is 13.2 Å². The van der Waals surface area contributed by atoms with Crippen LogP contribution >= 0.6 is 11.3 Å². The van der Waals surface area contributed by atoms with E-state index in [9.17, 15) is 0 Å². The lowest BCUT2D eigenvalue weighted by Crippen LogP contribution is -2.57. The van der Waals surface area contributed by atoms with Gasteiger partial charge in [-0.15, -0.1) is 11.3 Å². The smallest absolute Gasteiger partial charge is 0.185 e. The van der Waals surface area contributed by atoms with Crippen LogP contribution in [0.2, 0.25) is 0 Å². The van der Waals surface area contributed by atoms with Gasteiger partial charge in [-0.2, -0.15) is 0 Å². The standard InChI is InChI=1S/C13H23N3OS/c1-12(2)8-16(9-13(3,4)17-12)11-15-7-10(18-11)6-14-5/h7,14H,6,8-9H2,1-5H3. The Hall–Kier alpha value is -0.650. The highest BCUT2D eigenvalue weighted by Crippen LogP contribution is 2.33. The average Bonchev–Trinajstić information content (AvgIpc) is 2.62. The molecule has 0 amide bonds. The molecule has 0 radical (unpaired) electrons. The number of ether oxygens (including phenoxy) is 1. The third-order valence-corrected chi connectivity index (χ3v) is 3.92. The number of rotatable bonds is 3. The minimum Gasteiger partial charge on any atom is -0.366 e. The molecule has 2 rings (SSSR count). The number of nitrogens with zero attached hydrogens (tertiary/aromatic N) is 2. The normalized spacial score (nSPS) is 22.2. The van der Waals surface area contributed by atoms with Gasteiger partial charge in [-0.05, 0) is 34.7 Å². The molecule has 0 bridgehead atoms. The number of anilines is 1. The molecule has 1 fully saturated rings. The molecular weight excluding hydrogens is 246 g/mol. The highest BCUT2D eigenvalue weighted by atomic mass is 32.1. The molecule has 1 aliphatic rings. The lowest BCUT2D eigenvalue weighted by Gasteiger charge is -2.47. The van der Waals surface area contributed by atoms with Gasteiger partial charge in [0.2, 0.25) is 0 Å². The number of thiazole rings is 1. The Morgan fingerprint density at radius 3 is 2.50 bits per heavy atom. The van der Waals surface area contributed by atoms with Crippen molar-refractivity contribution in [2.24, 2.45) is 0 Å². The molecule has 18 heavy (non-hydrogen) atoms. The van der Waals surface area contributed by atoms with Crippen molar-refractivity contribution >= 4 is 16.5 Å². The molecule has 0 aliphatic carbocycles. The maximum Gasteiger partial charge on any atom is 0.185 e. The van der Waals surface area contributed by atoms with Gasteiger partial charge in [0.1, 0.15) is 0 Å². The van der Waals surface area contributed by atoms with Crippen molar-refractivity contribution in [1.82, 2.24) is 10.3 Å². The molecule has 1 aliphatic heterocycles. The van der Waals surface area contributed by atoms with E-state index < -0.39 is 0 Å². The maximum absolute atomic E-state index is 6.09. The Kier molecular flexibility index (Phi) is 3.67. The molecule has 1 aromatic heterocycles. The van der Waals surface area contributed by atoms with Gasteiger partial charge in [0.15, 0.2) is 5.13 Å². The summed E-state index contributed by atoms with van der Waals surface area (Å²) in [5.74, 6) is 0. The Balaban J connectivity index is 2.16. The van der Waals surface area contributed by atoms with Crippen LogP contribution in [0.3, 0.4) is 0 Å². The van der Waals surface area contributed by atoms with E-state index in [1.54, 1.807) is 11.3 Å². The molecule has 1 saturated heterocycles. The molecule has 0 aromatic carbocycles. The van der Waals surface area contributed by atoms with Crippen LogP contribution in [0, 0.1) is 0 Å². The predicted octanol–water partition coefficient (Wildman–Crippen LogP) is 2.26. The summed E-state index contributed by atoms with van der Waals surface area (Å²) in [6.45, 7) is 11.2. The highest BCUT2D eigenvalue weighted by molar-refractivity contribution is 7.15. The fraction of sp³-hybridized carbons (Fsp3) is 0.769. The lowest BCUT2D eigenvalue weighted by atomic mass is 9.99. The molecule has 1 N–H and O–H groups in total. The zero-order valence-electron chi connectivity index (χ0n) is 11.9. The number of hydrogen-bond donors (Lipinski definition) is 1. The van der Waals surface area contributed by atoms with Crippen LogP contribution in [0.1, 0.15) is 32.6 Å². The zero-order chi connectivity index (χ0) is 13.4. The Bertz CT molecular complexity index is 398. The van der Waals surface area contributed by atoms with E-state index in [-0.39, 0.29) is 11.2 Å². The van der Waals surface area contributed by atoms with Crippen LogP contribution in [0.4, 0.5) is 5.13 Å². The molecular formula is C13H23N3OS. The third kappa shape index (κ3) is 3.22. The highest BCUT2D eigenvalue weighted by Gasteiger charge is 2.38. The van der Waals surface area contributed by atoms with Gasteiger partial charge >= 0.3 is 0 Å². The van der Waals surface area contributed by atoms with Crippen molar-refractivity contribution in [3.63, 3.8) is 0 Å². The molecule has 0 unspecified atom stereocenters. The average molecular weight is 269 g/mol. The van der Waals surface area contributed by atoms with Crippen LogP contribution in [-0.2, 0) is 11.3 Å². The number of hydrogen-bond acceptors (Lipinski definition) is 5. The topological polar surface area (TPSA) is 37.4 Å². The van der Waals surface area contributed by atoms with Gasteiger partial charge in [-0.1, -0.05) is 0 Å². The third-order valence-electron chi connectivity index (χ3n) is 2.86. The summed E-state index contributed by atoms with van der Waals surface area (Å²) in [6.07, 6.45) is 1.96. The second-order valence-corrected chi connectivity index (χ2v) is 7.21. The maximum atomic E-state index is 6.09. The summed E-state index contributed by atoms with van der Waals surface area (Å²) >= 11 is 1.76. The van der Waals surface area contributed by atoms with Gasteiger partial charge in [-0.3, -0.25) is 0 Å². The van der Waals surface area contributed by atoms with E-state index >= 15 is 0 Å². The summed E-state index contributed by atoms with van der Waals surface area (Å²) in [5.41, 5.74) is -0.257. The summed E-state index contributed by atoms with van der Waals surface area (Å²) in [7, 11) is 1.96. The summed E-state index contributed by atoms with van der Waals surface area (Å²) < 4.78 is 6.09. The summed E-state index contributed by atoms with van der Waals surface area (Å²) in [5, 5.41) is 4.26. The van der Waals surface area contributed by atoms with Crippen molar-refractivity contribution in [2.45, 2.75) is 45.4 Å². The van der Waals surface area contributed by atoms with Crippen molar-refractivity contribution in [2.75, 3.05) is 25.0 Å². The summed E-state index contributed by atoms with van der Waals surface area (Å²) in [4.78, 5) is 8.15. The first-order valence-electron chi connectivity index (χ1n) is 6.36. The fourth-order valence-corrected chi connectivity index (χ4v) is 3.54. The Morgan fingerprint density at radius 1 is 1.33 bits per heavy atom. The molecule has 102 valence electrons. The van der Waals surface area contributed by atoms with Crippen LogP contribution in [-0.4, -0.2) is 36.3 Å². The SMILES string of the molecule is CNCc1cnc(N2CC(C)(C)OC(C)(C)C2)s1. The molecule has 1 aromatic rings. The second kappa shape index (κ2) is 4.79. The van der Waals surface area contributed by atoms with Crippen molar-refractivity contribution in [3.8, 4) is 0 Å². The van der Waals surface area contributed by atoms with Crippen LogP contribution in [0.25, 0.3) is 0 Å². The van der Waals surface area contributed by atoms with Crippen LogP contribution in [0.5, 0.6) is 0 Å². The first-order valence-corrected chi connectivity index (χ1v) is 7.17. The van der Waals surface area contributed by atoms with Crippen molar-refractivity contribution < 1.29 is 4.74 Å². The van der Waals surface area contributed by atoms with Gasteiger partial charge in [0.25, 0.3) is 0 Å². The van der Waals surface area contributed by atoms with Crippen molar-refractivity contribution in [1.29, 1.82) is 0 Å². The van der Waals surface area contributed by atoms with E-state index in [0.29, 0.717) is 0 Å². The Labute approximate surface area is 113 Å². The van der Waals surface area contributed by atoms with E-state index in [2.05, 4.69) is 42.9 Å². The first kappa shape index (κ1) is 13.8. The minimum atomic E-state index is -0.128.